The van der Waals surface area contributed by atoms with Gasteiger partial charge < -0.3 is 5.32 Å². The van der Waals surface area contributed by atoms with Crippen molar-refractivity contribution in [1.82, 2.24) is 0 Å². The summed E-state index contributed by atoms with van der Waals surface area (Å²) in [6.45, 7) is 2.20. The van der Waals surface area contributed by atoms with Crippen LogP contribution >= 0.6 is 23.2 Å². The molecule has 1 heterocycles. The maximum Gasteiger partial charge on any atom is 0.0645 e. The third-order valence-corrected chi connectivity index (χ3v) is 5.99. The molecule has 0 spiro atoms. The Morgan fingerprint density at radius 1 is 1.13 bits per heavy atom. The minimum atomic E-state index is 0.196. The molecule has 4 rings (SSSR count). The molecule has 1 aliphatic carbocycles. The molecule has 2 aliphatic rings. The highest BCUT2D eigenvalue weighted by molar-refractivity contribution is 6.42. The molecule has 1 aliphatic heterocycles. The average molecular weight is 344 g/mol. The summed E-state index contributed by atoms with van der Waals surface area (Å²) in [5.41, 5.74) is 5.13. The van der Waals surface area contributed by atoms with E-state index in [0.717, 1.165) is 18.4 Å². The van der Waals surface area contributed by atoms with Crippen molar-refractivity contribution in [3.8, 4) is 0 Å². The van der Waals surface area contributed by atoms with Crippen LogP contribution in [0.5, 0.6) is 0 Å². The van der Waals surface area contributed by atoms with Crippen molar-refractivity contribution >= 4 is 28.9 Å². The number of hydrogen-bond donors (Lipinski definition) is 1. The molecule has 0 unspecified atom stereocenters. The smallest absolute Gasteiger partial charge is 0.0645 e. The highest BCUT2D eigenvalue weighted by Gasteiger charge is 2.38. The number of hydrogen-bond acceptors (Lipinski definition) is 1. The van der Waals surface area contributed by atoms with E-state index in [-0.39, 0.29) is 6.04 Å². The van der Waals surface area contributed by atoms with Crippen LogP contribution in [0.2, 0.25) is 10.0 Å². The Bertz CT molecular complexity index is 781. The topological polar surface area (TPSA) is 12.0 Å². The van der Waals surface area contributed by atoms with Crippen LogP contribution in [-0.2, 0) is 6.42 Å². The molecular weight excluding hydrogens is 325 g/mol. The fourth-order valence-electron chi connectivity index (χ4n) is 3.93. The van der Waals surface area contributed by atoms with E-state index in [4.69, 9.17) is 23.2 Å². The minimum absolute atomic E-state index is 0.196. The van der Waals surface area contributed by atoms with Gasteiger partial charge in [-0.2, -0.15) is 0 Å². The lowest BCUT2D eigenvalue weighted by Gasteiger charge is -2.38. The highest BCUT2D eigenvalue weighted by atomic mass is 35.5. The number of nitrogens with one attached hydrogen (secondary N) is 1. The first-order chi connectivity index (χ1) is 11.2. The molecular formula is C20H19Cl2N. The largest absolute Gasteiger partial charge is 0.378 e. The van der Waals surface area contributed by atoms with Crippen molar-refractivity contribution in [3.63, 3.8) is 0 Å². The van der Waals surface area contributed by atoms with Gasteiger partial charge in [0.1, 0.15) is 0 Å². The second-order valence-electron chi connectivity index (χ2n) is 6.39. The first kappa shape index (κ1) is 15.1. The summed E-state index contributed by atoms with van der Waals surface area (Å²) < 4.78 is 0. The molecule has 2 aromatic carbocycles. The Morgan fingerprint density at radius 3 is 2.83 bits per heavy atom. The van der Waals surface area contributed by atoms with Crippen molar-refractivity contribution in [2.24, 2.45) is 5.92 Å². The standard InChI is InChI=1S/C20H19Cl2N/c1-2-12-9-10-18-16(11-12)13-5-3-6-14(13)20(23-18)15-7-4-8-17(21)19(15)22/h3-5,7-11,13-14,20,23H,2,6H2,1H3/t13-,14-,20-/m1/s1. The van der Waals surface area contributed by atoms with E-state index in [1.807, 2.05) is 12.1 Å². The third-order valence-electron chi connectivity index (χ3n) is 5.15. The maximum absolute atomic E-state index is 6.50. The number of fused-ring (bicyclic) bond motifs is 3. The van der Waals surface area contributed by atoms with E-state index in [0.29, 0.717) is 21.9 Å². The quantitative estimate of drug-likeness (QED) is 0.623. The van der Waals surface area contributed by atoms with Crippen molar-refractivity contribution in [1.29, 1.82) is 0 Å². The van der Waals surface area contributed by atoms with E-state index < -0.39 is 0 Å². The van der Waals surface area contributed by atoms with Crippen LogP contribution in [0.1, 0.15) is 42.0 Å². The van der Waals surface area contributed by atoms with Crippen LogP contribution in [0.4, 0.5) is 5.69 Å². The summed E-state index contributed by atoms with van der Waals surface area (Å²) in [6, 6.07) is 12.9. The summed E-state index contributed by atoms with van der Waals surface area (Å²) >= 11 is 12.7. The zero-order chi connectivity index (χ0) is 16.0. The highest BCUT2D eigenvalue weighted by Crippen LogP contribution is 2.51. The normalized spacial score (nSPS) is 24.9. The molecule has 1 nitrogen and oxygen atoms in total. The summed E-state index contributed by atoms with van der Waals surface area (Å²) in [5, 5.41) is 5.02. The lowest BCUT2D eigenvalue weighted by molar-refractivity contribution is 0.425. The summed E-state index contributed by atoms with van der Waals surface area (Å²) in [6.07, 6.45) is 6.80. The van der Waals surface area contributed by atoms with Gasteiger partial charge in [0.25, 0.3) is 0 Å². The minimum Gasteiger partial charge on any atom is -0.378 e. The SMILES string of the molecule is CCc1ccc2c(c1)[C@@H]1C=CC[C@H]1[C@H](c1cccc(Cl)c1Cl)N2. The predicted molar refractivity (Wildman–Crippen MR) is 98.6 cm³/mol. The van der Waals surface area contributed by atoms with Crippen LogP contribution in [-0.4, -0.2) is 0 Å². The number of benzene rings is 2. The molecule has 118 valence electrons. The molecule has 0 fully saturated rings. The second-order valence-corrected chi connectivity index (χ2v) is 7.18. The van der Waals surface area contributed by atoms with Crippen molar-refractivity contribution < 1.29 is 0 Å². The molecule has 0 saturated heterocycles. The van der Waals surface area contributed by atoms with Gasteiger partial charge in [0, 0.05) is 11.6 Å². The molecule has 0 radical (unpaired) electrons. The lowest BCUT2D eigenvalue weighted by atomic mass is 9.76. The molecule has 0 amide bonds. The van der Waals surface area contributed by atoms with E-state index in [1.165, 1.54) is 16.8 Å². The fourth-order valence-corrected chi connectivity index (χ4v) is 4.36. The Kier molecular flexibility index (Phi) is 3.87. The molecule has 3 heteroatoms. The zero-order valence-corrected chi connectivity index (χ0v) is 14.5. The average Bonchev–Trinajstić information content (AvgIpc) is 3.06. The third kappa shape index (κ3) is 2.47. The van der Waals surface area contributed by atoms with Crippen LogP contribution in [0, 0.1) is 5.92 Å². The molecule has 0 saturated carbocycles. The van der Waals surface area contributed by atoms with Crippen molar-refractivity contribution in [2.45, 2.75) is 31.7 Å². The summed E-state index contributed by atoms with van der Waals surface area (Å²) in [5.74, 6) is 0.948. The van der Waals surface area contributed by atoms with Gasteiger partial charge in [-0.15, -0.1) is 0 Å². The van der Waals surface area contributed by atoms with Gasteiger partial charge in [-0.05, 0) is 47.6 Å². The van der Waals surface area contributed by atoms with Gasteiger partial charge in [0.15, 0.2) is 0 Å². The van der Waals surface area contributed by atoms with Crippen LogP contribution in [0.3, 0.4) is 0 Å². The molecule has 23 heavy (non-hydrogen) atoms. The van der Waals surface area contributed by atoms with E-state index >= 15 is 0 Å². The van der Waals surface area contributed by atoms with Crippen LogP contribution in [0.15, 0.2) is 48.6 Å². The maximum atomic E-state index is 6.50. The number of aryl methyl sites for hydroxylation is 1. The van der Waals surface area contributed by atoms with Gasteiger partial charge in [-0.3, -0.25) is 0 Å². The van der Waals surface area contributed by atoms with Gasteiger partial charge in [-0.1, -0.05) is 66.5 Å². The molecule has 3 atom stereocenters. The zero-order valence-electron chi connectivity index (χ0n) is 13.0. The number of halogens is 2. The molecule has 1 N–H and O–H groups in total. The van der Waals surface area contributed by atoms with Gasteiger partial charge in [0.2, 0.25) is 0 Å². The van der Waals surface area contributed by atoms with Crippen LogP contribution < -0.4 is 5.32 Å². The van der Waals surface area contributed by atoms with Crippen LogP contribution in [0.25, 0.3) is 0 Å². The lowest BCUT2D eigenvalue weighted by Crippen LogP contribution is -2.29. The molecule has 0 aromatic heterocycles. The van der Waals surface area contributed by atoms with Gasteiger partial charge in [0.05, 0.1) is 16.1 Å². The number of allylic oxidation sites excluding steroid dienone is 2. The Morgan fingerprint density at radius 2 is 2.00 bits per heavy atom. The second kappa shape index (κ2) is 5.89. The summed E-state index contributed by atoms with van der Waals surface area (Å²) in [7, 11) is 0. The predicted octanol–water partition coefficient (Wildman–Crippen LogP) is 6.38. The fraction of sp³-hybridized carbons (Fsp3) is 0.300. The number of anilines is 1. The Balaban J connectivity index is 1.81. The Hall–Kier alpha value is -1.44. The monoisotopic (exact) mass is 343 g/mol. The number of rotatable bonds is 2. The van der Waals surface area contributed by atoms with Crippen molar-refractivity contribution in [3.05, 3.63) is 75.3 Å². The van der Waals surface area contributed by atoms with E-state index in [2.05, 4.69) is 48.7 Å². The van der Waals surface area contributed by atoms with Crippen molar-refractivity contribution in [2.75, 3.05) is 5.32 Å². The van der Waals surface area contributed by atoms with Gasteiger partial charge in [-0.25, -0.2) is 0 Å². The first-order valence-electron chi connectivity index (χ1n) is 8.19. The molecule has 0 bridgehead atoms. The summed E-state index contributed by atoms with van der Waals surface area (Å²) in [4.78, 5) is 0. The van der Waals surface area contributed by atoms with Gasteiger partial charge >= 0.3 is 0 Å². The molecule has 2 aromatic rings. The van der Waals surface area contributed by atoms with E-state index in [1.54, 1.807) is 0 Å². The Labute approximate surface area is 147 Å². The van der Waals surface area contributed by atoms with E-state index in [9.17, 15) is 0 Å². The first-order valence-corrected chi connectivity index (χ1v) is 8.94.